The van der Waals surface area contributed by atoms with Gasteiger partial charge in [0.25, 0.3) is 6.43 Å². The highest BCUT2D eigenvalue weighted by Gasteiger charge is 2.09. The first-order valence-electron chi connectivity index (χ1n) is 5.80. The molecule has 0 saturated carbocycles. The minimum atomic E-state index is -2.54. The van der Waals surface area contributed by atoms with Gasteiger partial charge in [-0.1, -0.05) is 0 Å². The van der Waals surface area contributed by atoms with Crippen LogP contribution >= 0.6 is 0 Å². The fourth-order valence-corrected chi connectivity index (χ4v) is 1.41. The first-order valence-corrected chi connectivity index (χ1v) is 5.80. The molecule has 0 heterocycles. The number of alkyl halides is 2. The van der Waals surface area contributed by atoms with E-state index in [4.69, 9.17) is 10.00 Å². The number of anilines is 1. The number of hydrogen-bond acceptors (Lipinski definition) is 4. The van der Waals surface area contributed by atoms with Gasteiger partial charge in [-0.2, -0.15) is 5.26 Å². The summed E-state index contributed by atoms with van der Waals surface area (Å²) in [5.74, 6) is -0.0341. The number of nitrogens with one attached hydrogen (secondary N) is 1. The minimum absolute atomic E-state index is 0.0458. The van der Waals surface area contributed by atoms with Gasteiger partial charge < -0.3 is 14.8 Å². The van der Waals surface area contributed by atoms with Gasteiger partial charge in [0, 0.05) is 6.07 Å². The van der Waals surface area contributed by atoms with Crippen molar-refractivity contribution in [3.05, 3.63) is 23.8 Å². The summed E-state index contributed by atoms with van der Waals surface area (Å²) < 4.78 is 33.3. The standard InChI is InChI=1S/C13H14F2N2O3/c1-19-11-6-9(7-16)2-3-10(11)17-13(18)4-5-20-8-12(14)15/h2-3,6,12H,4-5,8H2,1H3,(H,17,18). The SMILES string of the molecule is COc1cc(C#N)ccc1NC(=O)CCOCC(F)F. The summed E-state index contributed by atoms with van der Waals surface area (Å²) in [5.41, 5.74) is 0.811. The van der Waals surface area contributed by atoms with Crippen molar-refractivity contribution < 1.29 is 23.0 Å². The monoisotopic (exact) mass is 284 g/mol. The largest absolute Gasteiger partial charge is 0.495 e. The van der Waals surface area contributed by atoms with Crippen LogP contribution in [0, 0.1) is 11.3 Å². The van der Waals surface area contributed by atoms with Crippen LogP contribution in [0.1, 0.15) is 12.0 Å². The Balaban J connectivity index is 2.51. The van der Waals surface area contributed by atoms with Crippen LogP contribution in [0.2, 0.25) is 0 Å². The number of carbonyl (C=O) groups excluding carboxylic acids is 1. The van der Waals surface area contributed by atoms with Crippen LogP contribution < -0.4 is 10.1 Å². The molecule has 20 heavy (non-hydrogen) atoms. The fourth-order valence-electron chi connectivity index (χ4n) is 1.41. The maximum atomic E-state index is 11.8. The van der Waals surface area contributed by atoms with Gasteiger partial charge in [0.05, 0.1) is 37.5 Å². The number of benzene rings is 1. The van der Waals surface area contributed by atoms with Crippen molar-refractivity contribution in [3.8, 4) is 11.8 Å². The van der Waals surface area contributed by atoms with E-state index < -0.39 is 13.0 Å². The number of halogens is 2. The van der Waals surface area contributed by atoms with E-state index in [0.717, 1.165) is 0 Å². The Morgan fingerprint density at radius 3 is 2.85 bits per heavy atom. The predicted octanol–water partition coefficient (Wildman–Crippen LogP) is 2.18. The molecular weight excluding hydrogens is 270 g/mol. The molecule has 0 aliphatic heterocycles. The minimum Gasteiger partial charge on any atom is -0.495 e. The smallest absolute Gasteiger partial charge is 0.261 e. The number of hydrogen-bond donors (Lipinski definition) is 1. The van der Waals surface area contributed by atoms with Crippen molar-refractivity contribution in [2.24, 2.45) is 0 Å². The number of rotatable bonds is 7. The molecule has 108 valence electrons. The van der Waals surface area contributed by atoms with Crippen molar-refractivity contribution in [2.45, 2.75) is 12.8 Å². The molecule has 0 atom stereocenters. The topological polar surface area (TPSA) is 71.3 Å². The van der Waals surface area contributed by atoms with E-state index in [-0.39, 0.29) is 18.9 Å². The first kappa shape index (κ1) is 15.9. The molecule has 7 heteroatoms. The van der Waals surface area contributed by atoms with E-state index in [2.05, 4.69) is 10.1 Å². The average molecular weight is 284 g/mol. The molecule has 0 radical (unpaired) electrons. The second-order valence-electron chi connectivity index (χ2n) is 3.79. The molecule has 0 saturated heterocycles. The van der Waals surface area contributed by atoms with Crippen LogP contribution in [-0.2, 0) is 9.53 Å². The van der Waals surface area contributed by atoms with Crippen molar-refractivity contribution >= 4 is 11.6 Å². The zero-order valence-electron chi connectivity index (χ0n) is 10.9. The number of nitrogens with zero attached hydrogens (tertiary/aromatic N) is 1. The Morgan fingerprint density at radius 2 is 2.25 bits per heavy atom. The van der Waals surface area contributed by atoms with Crippen LogP contribution in [0.5, 0.6) is 5.75 Å². The van der Waals surface area contributed by atoms with E-state index in [1.807, 2.05) is 6.07 Å². The third kappa shape index (κ3) is 5.20. The number of nitriles is 1. The molecule has 5 nitrogen and oxygen atoms in total. The Kier molecular flexibility index (Phi) is 6.40. The summed E-state index contributed by atoms with van der Waals surface area (Å²) >= 11 is 0. The summed E-state index contributed by atoms with van der Waals surface area (Å²) in [7, 11) is 1.41. The van der Waals surface area contributed by atoms with Crippen molar-refractivity contribution in [1.29, 1.82) is 5.26 Å². The summed E-state index contributed by atoms with van der Waals surface area (Å²) in [6.07, 6.45) is -2.59. The molecule has 1 aromatic carbocycles. The molecule has 1 N–H and O–H groups in total. The highest BCUT2D eigenvalue weighted by Crippen LogP contribution is 2.25. The van der Waals surface area contributed by atoms with E-state index in [1.165, 1.54) is 25.3 Å². The van der Waals surface area contributed by atoms with Gasteiger partial charge in [-0.25, -0.2) is 8.78 Å². The van der Waals surface area contributed by atoms with Crippen molar-refractivity contribution in [2.75, 3.05) is 25.6 Å². The van der Waals surface area contributed by atoms with Gasteiger partial charge in [0.15, 0.2) is 0 Å². The lowest BCUT2D eigenvalue weighted by molar-refractivity contribution is -0.117. The Hall–Kier alpha value is -2.20. The quantitative estimate of drug-likeness (QED) is 0.779. The van der Waals surface area contributed by atoms with Gasteiger partial charge in [0.2, 0.25) is 5.91 Å². The summed E-state index contributed by atoms with van der Waals surface area (Å²) in [6, 6.07) is 6.51. The normalized spacial score (nSPS) is 10.2. The Morgan fingerprint density at radius 1 is 1.50 bits per heavy atom. The van der Waals surface area contributed by atoms with Crippen LogP contribution in [0.15, 0.2) is 18.2 Å². The van der Waals surface area contributed by atoms with Crippen molar-refractivity contribution in [1.82, 2.24) is 0 Å². The lowest BCUT2D eigenvalue weighted by Crippen LogP contribution is -2.16. The summed E-state index contributed by atoms with van der Waals surface area (Å²) in [4.78, 5) is 11.6. The molecule has 0 unspecified atom stereocenters. The highest BCUT2D eigenvalue weighted by atomic mass is 19.3. The maximum Gasteiger partial charge on any atom is 0.261 e. The molecule has 1 amide bonds. The highest BCUT2D eigenvalue weighted by molar-refractivity contribution is 5.92. The summed E-state index contributed by atoms with van der Waals surface area (Å²) in [6.45, 7) is -0.776. The number of ether oxygens (including phenoxy) is 2. The Bertz CT molecular complexity index is 501. The number of methoxy groups -OCH3 is 1. The number of amides is 1. The van der Waals surface area contributed by atoms with Gasteiger partial charge in [-0.3, -0.25) is 4.79 Å². The second kappa shape index (κ2) is 8.07. The average Bonchev–Trinajstić information content (AvgIpc) is 2.43. The predicted molar refractivity (Wildman–Crippen MR) is 67.8 cm³/mol. The second-order valence-corrected chi connectivity index (χ2v) is 3.79. The first-order chi connectivity index (χ1) is 9.56. The lowest BCUT2D eigenvalue weighted by atomic mass is 10.2. The number of carbonyl (C=O) groups is 1. The summed E-state index contributed by atoms with van der Waals surface area (Å²) in [5, 5.41) is 11.3. The van der Waals surface area contributed by atoms with Crippen LogP contribution in [0.4, 0.5) is 14.5 Å². The van der Waals surface area contributed by atoms with Crippen LogP contribution in [-0.4, -0.2) is 32.7 Å². The van der Waals surface area contributed by atoms with Gasteiger partial charge in [-0.05, 0) is 12.1 Å². The molecule has 0 bridgehead atoms. The molecule has 0 aromatic heterocycles. The molecule has 0 aliphatic rings. The molecule has 1 rings (SSSR count). The third-order valence-electron chi connectivity index (χ3n) is 2.32. The van der Waals surface area contributed by atoms with Gasteiger partial charge in [0.1, 0.15) is 12.4 Å². The molecule has 0 aliphatic carbocycles. The molecule has 1 aromatic rings. The fraction of sp³-hybridized carbons (Fsp3) is 0.385. The maximum absolute atomic E-state index is 11.8. The Labute approximate surface area is 115 Å². The van der Waals surface area contributed by atoms with Crippen LogP contribution in [0.3, 0.4) is 0 Å². The van der Waals surface area contributed by atoms with Gasteiger partial charge >= 0.3 is 0 Å². The van der Waals surface area contributed by atoms with E-state index in [9.17, 15) is 13.6 Å². The zero-order valence-corrected chi connectivity index (χ0v) is 10.9. The lowest BCUT2D eigenvalue weighted by Gasteiger charge is -2.10. The van der Waals surface area contributed by atoms with Crippen LogP contribution in [0.25, 0.3) is 0 Å². The van der Waals surface area contributed by atoms with Crippen molar-refractivity contribution in [3.63, 3.8) is 0 Å². The zero-order chi connectivity index (χ0) is 15.0. The van der Waals surface area contributed by atoms with E-state index in [0.29, 0.717) is 17.0 Å². The van der Waals surface area contributed by atoms with Gasteiger partial charge in [-0.15, -0.1) is 0 Å². The van der Waals surface area contributed by atoms with E-state index >= 15 is 0 Å². The molecular formula is C13H14F2N2O3. The molecule has 0 spiro atoms. The van der Waals surface area contributed by atoms with E-state index in [1.54, 1.807) is 0 Å². The third-order valence-corrected chi connectivity index (χ3v) is 2.32. The molecule has 0 fully saturated rings.